The van der Waals surface area contributed by atoms with E-state index < -0.39 is 0 Å². The predicted octanol–water partition coefficient (Wildman–Crippen LogP) is -0.916. The van der Waals surface area contributed by atoms with Gasteiger partial charge in [0.25, 0.3) is 0 Å². The van der Waals surface area contributed by atoms with Crippen molar-refractivity contribution in [1.29, 1.82) is 0 Å². The van der Waals surface area contributed by atoms with Crippen molar-refractivity contribution in [1.82, 2.24) is 10.2 Å². The lowest BCUT2D eigenvalue weighted by Crippen LogP contribution is -2.56. The van der Waals surface area contributed by atoms with Crippen LogP contribution in [0.4, 0.5) is 0 Å². The predicted molar refractivity (Wildman–Crippen MR) is 29.5 cm³/mol. The summed E-state index contributed by atoms with van der Waals surface area (Å²) in [5.74, 6) is 0. The minimum absolute atomic E-state index is 0.0336. The molecule has 1 aliphatic heterocycles. The van der Waals surface area contributed by atoms with Crippen LogP contribution in [-0.4, -0.2) is 28.5 Å². The summed E-state index contributed by atoms with van der Waals surface area (Å²) >= 11 is 4.66. The summed E-state index contributed by atoms with van der Waals surface area (Å²) in [6, 6.07) is 0. The van der Waals surface area contributed by atoms with E-state index in [1.807, 2.05) is 0 Å². The fraction of sp³-hybridized carbons (Fsp3) is 0.667. The van der Waals surface area contributed by atoms with Crippen LogP contribution in [0.25, 0.3) is 0 Å². The highest BCUT2D eigenvalue weighted by Gasteiger charge is 2.15. The van der Waals surface area contributed by atoms with Crippen LogP contribution >= 0.6 is 12.2 Å². The molecule has 4 heteroatoms. The second-order valence-corrected chi connectivity index (χ2v) is 1.71. The molecule has 1 saturated heterocycles. The Bertz CT molecular complexity index is 92.9. The van der Waals surface area contributed by atoms with Gasteiger partial charge in [-0.3, -0.25) is 0 Å². The van der Waals surface area contributed by atoms with Crippen molar-refractivity contribution >= 4 is 17.3 Å². The van der Waals surface area contributed by atoms with Gasteiger partial charge < -0.3 is 15.3 Å². The molecule has 1 heterocycles. The number of rotatable bonds is 1. The van der Waals surface area contributed by atoms with Gasteiger partial charge in [-0.05, 0) is 12.2 Å². The third-order valence-electron chi connectivity index (χ3n) is 0.879. The van der Waals surface area contributed by atoms with Crippen LogP contribution in [-0.2, 0) is 0 Å². The molecule has 0 spiro atoms. The highest BCUT2D eigenvalue weighted by atomic mass is 32.1. The van der Waals surface area contributed by atoms with Gasteiger partial charge in [0.1, 0.15) is 6.73 Å². The van der Waals surface area contributed by atoms with Crippen LogP contribution in [0, 0.1) is 0 Å². The van der Waals surface area contributed by atoms with Gasteiger partial charge in [0, 0.05) is 0 Å². The van der Waals surface area contributed by atoms with Crippen molar-refractivity contribution in [3.8, 4) is 0 Å². The Labute approximate surface area is 46.9 Å². The average Bonchev–Trinajstić information content (AvgIpc) is 1.65. The van der Waals surface area contributed by atoms with Crippen molar-refractivity contribution in [2.75, 3.05) is 13.4 Å². The first-order valence-corrected chi connectivity index (χ1v) is 2.39. The van der Waals surface area contributed by atoms with E-state index >= 15 is 0 Å². The molecule has 1 fully saturated rings. The molecule has 0 aromatic carbocycles. The third-order valence-corrected chi connectivity index (χ3v) is 1.28. The van der Waals surface area contributed by atoms with Crippen molar-refractivity contribution in [3.63, 3.8) is 0 Å². The number of aliphatic hydroxyl groups is 1. The third kappa shape index (κ3) is 0.664. The van der Waals surface area contributed by atoms with Crippen LogP contribution in [0.5, 0.6) is 0 Å². The molecule has 0 amide bonds. The number of thiocarbonyl (C=S) groups is 1. The number of aliphatic hydroxyl groups excluding tert-OH is 1. The molecule has 2 N–H and O–H groups in total. The molecule has 1 aliphatic rings. The van der Waals surface area contributed by atoms with Crippen LogP contribution < -0.4 is 5.32 Å². The molecular formula is C3H6N2OS. The van der Waals surface area contributed by atoms with Gasteiger partial charge in [-0.25, -0.2) is 0 Å². The van der Waals surface area contributed by atoms with E-state index in [-0.39, 0.29) is 6.73 Å². The van der Waals surface area contributed by atoms with Crippen LogP contribution in [0.2, 0.25) is 0 Å². The van der Waals surface area contributed by atoms with Gasteiger partial charge in [0.2, 0.25) is 0 Å². The van der Waals surface area contributed by atoms with E-state index in [1.54, 1.807) is 4.90 Å². The quantitative estimate of drug-likeness (QED) is 0.437. The van der Waals surface area contributed by atoms with Gasteiger partial charge in [0.05, 0.1) is 6.67 Å². The number of hydrogen-bond acceptors (Lipinski definition) is 2. The SMILES string of the molecule is OCN1CNC1=S. The van der Waals surface area contributed by atoms with Crippen LogP contribution in [0.3, 0.4) is 0 Å². The van der Waals surface area contributed by atoms with E-state index in [9.17, 15) is 0 Å². The fourth-order valence-electron chi connectivity index (χ4n) is 0.370. The summed E-state index contributed by atoms with van der Waals surface area (Å²) in [5, 5.41) is 11.8. The van der Waals surface area contributed by atoms with Crippen molar-refractivity contribution in [2.24, 2.45) is 0 Å². The summed E-state index contributed by atoms with van der Waals surface area (Å²) in [6.07, 6.45) is 0. The Hall–Kier alpha value is -0.350. The average molecular weight is 118 g/mol. The van der Waals surface area contributed by atoms with Crippen molar-refractivity contribution in [2.45, 2.75) is 0 Å². The van der Waals surface area contributed by atoms with E-state index in [1.165, 1.54) is 0 Å². The van der Waals surface area contributed by atoms with Crippen molar-refractivity contribution < 1.29 is 5.11 Å². The van der Waals surface area contributed by atoms with Gasteiger partial charge in [0.15, 0.2) is 5.11 Å². The zero-order valence-corrected chi connectivity index (χ0v) is 4.53. The first-order valence-electron chi connectivity index (χ1n) is 1.98. The Kier molecular flexibility index (Phi) is 1.12. The Balaban J connectivity index is 2.29. The molecule has 0 aromatic heterocycles. The lowest BCUT2D eigenvalue weighted by molar-refractivity contribution is 0.140. The standard InChI is InChI=1S/C3H6N2OS/c6-2-5-1-4-3(5)7/h6H,1-2H2,(H,4,7). The zero-order valence-electron chi connectivity index (χ0n) is 3.72. The molecule has 0 saturated carbocycles. The van der Waals surface area contributed by atoms with E-state index in [4.69, 9.17) is 5.11 Å². The Morgan fingerprint density at radius 3 is 2.71 bits per heavy atom. The topological polar surface area (TPSA) is 35.5 Å². The van der Waals surface area contributed by atoms with E-state index in [0.29, 0.717) is 11.8 Å². The van der Waals surface area contributed by atoms with E-state index in [2.05, 4.69) is 17.5 Å². The molecule has 0 radical (unpaired) electrons. The molecule has 1 rings (SSSR count). The van der Waals surface area contributed by atoms with Gasteiger partial charge in [-0.1, -0.05) is 0 Å². The molecule has 7 heavy (non-hydrogen) atoms. The summed E-state index contributed by atoms with van der Waals surface area (Å²) in [4.78, 5) is 1.65. The number of nitrogens with one attached hydrogen (secondary N) is 1. The normalized spacial score (nSPS) is 18.4. The number of hydrogen-bond donors (Lipinski definition) is 2. The molecule has 0 unspecified atom stereocenters. The maximum absolute atomic E-state index is 8.35. The molecule has 0 bridgehead atoms. The Morgan fingerprint density at radius 1 is 2.00 bits per heavy atom. The Morgan fingerprint density at radius 2 is 2.71 bits per heavy atom. The molecule has 0 atom stereocenters. The second-order valence-electron chi connectivity index (χ2n) is 1.32. The summed E-state index contributed by atoms with van der Waals surface area (Å²) in [7, 11) is 0. The zero-order chi connectivity index (χ0) is 5.28. The maximum atomic E-state index is 8.35. The van der Waals surface area contributed by atoms with Crippen molar-refractivity contribution in [3.05, 3.63) is 0 Å². The minimum Gasteiger partial charge on any atom is -0.376 e. The first-order chi connectivity index (χ1) is 3.34. The molecule has 3 nitrogen and oxygen atoms in total. The molecule has 40 valence electrons. The summed E-state index contributed by atoms with van der Waals surface area (Å²) in [6.45, 7) is 0.723. The molecule has 0 aliphatic carbocycles. The fourth-order valence-corrected chi connectivity index (χ4v) is 0.556. The summed E-state index contributed by atoms with van der Waals surface area (Å²) in [5.41, 5.74) is 0. The first kappa shape index (κ1) is 4.80. The molecule has 0 aromatic rings. The smallest absolute Gasteiger partial charge is 0.173 e. The minimum atomic E-state index is 0.0336. The van der Waals surface area contributed by atoms with Gasteiger partial charge in [-0.15, -0.1) is 0 Å². The molecular weight excluding hydrogens is 112 g/mol. The largest absolute Gasteiger partial charge is 0.376 e. The van der Waals surface area contributed by atoms with Crippen LogP contribution in [0.1, 0.15) is 0 Å². The second kappa shape index (κ2) is 1.63. The number of nitrogens with zero attached hydrogens (tertiary/aromatic N) is 1. The van der Waals surface area contributed by atoms with E-state index in [0.717, 1.165) is 0 Å². The van der Waals surface area contributed by atoms with Crippen LogP contribution in [0.15, 0.2) is 0 Å². The van der Waals surface area contributed by atoms with Gasteiger partial charge >= 0.3 is 0 Å². The highest BCUT2D eigenvalue weighted by Crippen LogP contribution is 1.93. The summed E-state index contributed by atoms with van der Waals surface area (Å²) < 4.78 is 0. The monoisotopic (exact) mass is 118 g/mol. The maximum Gasteiger partial charge on any atom is 0.173 e. The van der Waals surface area contributed by atoms with Gasteiger partial charge in [-0.2, -0.15) is 0 Å². The lowest BCUT2D eigenvalue weighted by Gasteiger charge is -2.32. The highest BCUT2D eigenvalue weighted by molar-refractivity contribution is 7.80. The lowest BCUT2D eigenvalue weighted by atomic mass is 10.6.